The Labute approximate surface area is 115 Å². The lowest BCUT2D eigenvalue weighted by Crippen LogP contribution is -1.93. The normalized spacial score (nSPS) is 13.6. The van der Waals surface area contributed by atoms with Crippen LogP contribution in [0.4, 0.5) is 4.39 Å². The van der Waals surface area contributed by atoms with E-state index in [1.807, 2.05) is 18.2 Å². The smallest absolute Gasteiger partial charge is 0.141 e. The molecule has 0 N–H and O–H groups in total. The maximum absolute atomic E-state index is 13.6. The van der Waals surface area contributed by atoms with E-state index in [0.29, 0.717) is 12.8 Å². The number of carbonyl (C=O) groups is 1. The van der Waals surface area contributed by atoms with Gasteiger partial charge in [-0.15, -0.1) is 11.8 Å². The third kappa shape index (κ3) is 2.71. The number of hydrogen-bond donors (Lipinski definition) is 0. The minimum absolute atomic E-state index is 0.183. The molecule has 1 aliphatic carbocycles. The Morgan fingerprint density at radius 1 is 1.11 bits per heavy atom. The van der Waals surface area contributed by atoms with E-state index < -0.39 is 0 Å². The molecule has 0 bridgehead atoms. The average Bonchev–Trinajstić information content (AvgIpc) is 2.77. The fraction of sp³-hybridized carbons (Fsp3) is 0.188. The van der Waals surface area contributed by atoms with E-state index in [2.05, 4.69) is 12.1 Å². The second kappa shape index (κ2) is 5.17. The number of benzene rings is 2. The molecule has 0 saturated carbocycles. The third-order valence-corrected chi connectivity index (χ3v) is 4.42. The molecule has 1 nitrogen and oxygen atoms in total. The summed E-state index contributed by atoms with van der Waals surface area (Å²) >= 11 is 1.60. The van der Waals surface area contributed by atoms with Gasteiger partial charge in [-0.05, 0) is 28.8 Å². The lowest BCUT2D eigenvalue weighted by Gasteiger charge is -2.08. The number of Topliss-reactive ketones (excluding diaryl/α,β-unsaturated/α-hetero) is 1. The summed E-state index contributed by atoms with van der Waals surface area (Å²) in [6.45, 7) is 0. The summed E-state index contributed by atoms with van der Waals surface area (Å²) in [4.78, 5) is 12.4. The molecule has 2 aromatic rings. The van der Waals surface area contributed by atoms with Crippen LogP contribution >= 0.6 is 11.8 Å². The number of fused-ring (bicyclic) bond motifs is 1. The quantitative estimate of drug-likeness (QED) is 0.791. The van der Waals surface area contributed by atoms with Gasteiger partial charge in [0.2, 0.25) is 0 Å². The molecule has 3 heteroatoms. The highest BCUT2D eigenvalue weighted by molar-refractivity contribution is 7.98. The molecular weight excluding hydrogens is 259 g/mol. The number of thioether (sulfide) groups is 1. The van der Waals surface area contributed by atoms with E-state index in [1.165, 1.54) is 11.6 Å². The Morgan fingerprint density at radius 3 is 2.68 bits per heavy atom. The predicted molar refractivity (Wildman–Crippen MR) is 74.8 cm³/mol. The van der Waals surface area contributed by atoms with Gasteiger partial charge in [0, 0.05) is 23.5 Å². The molecule has 0 heterocycles. The van der Waals surface area contributed by atoms with E-state index in [1.54, 1.807) is 17.8 Å². The lowest BCUT2D eigenvalue weighted by molar-refractivity contribution is -0.117. The standard InChI is InChI=1S/C16H13FOS/c17-13-6-12-7-14(18)9-15(12)16(8-13)19-10-11-4-2-1-3-5-11/h1-6,8H,7,9-10H2. The molecule has 1 aliphatic rings. The van der Waals surface area contributed by atoms with Crippen LogP contribution < -0.4 is 0 Å². The first-order valence-corrected chi connectivity index (χ1v) is 7.20. The van der Waals surface area contributed by atoms with Gasteiger partial charge in [0.05, 0.1) is 0 Å². The summed E-state index contributed by atoms with van der Waals surface area (Å²) in [7, 11) is 0. The van der Waals surface area contributed by atoms with Crippen LogP contribution in [0.25, 0.3) is 0 Å². The summed E-state index contributed by atoms with van der Waals surface area (Å²) < 4.78 is 13.6. The molecule has 0 radical (unpaired) electrons. The second-order valence-corrected chi connectivity index (χ2v) is 5.73. The van der Waals surface area contributed by atoms with E-state index in [0.717, 1.165) is 21.8 Å². The van der Waals surface area contributed by atoms with E-state index in [4.69, 9.17) is 0 Å². The van der Waals surface area contributed by atoms with Crippen molar-refractivity contribution in [3.05, 3.63) is 65.0 Å². The van der Waals surface area contributed by atoms with Crippen LogP contribution in [0.5, 0.6) is 0 Å². The van der Waals surface area contributed by atoms with Gasteiger partial charge >= 0.3 is 0 Å². The first kappa shape index (κ1) is 12.4. The maximum Gasteiger partial charge on any atom is 0.141 e. The molecular formula is C16H13FOS. The molecule has 0 aromatic heterocycles. The van der Waals surface area contributed by atoms with Crippen LogP contribution in [0.1, 0.15) is 16.7 Å². The van der Waals surface area contributed by atoms with Gasteiger partial charge in [0.25, 0.3) is 0 Å². The molecule has 3 rings (SSSR count). The second-order valence-electron chi connectivity index (χ2n) is 4.71. The van der Waals surface area contributed by atoms with Crippen molar-refractivity contribution in [2.45, 2.75) is 23.5 Å². The van der Waals surface area contributed by atoms with Gasteiger partial charge < -0.3 is 0 Å². The molecule has 0 unspecified atom stereocenters. The van der Waals surface area contributed by atoms with Crippen molar-refractivity contribution in [1.82, 2.24) is 0 Å². The summed E-state index contributed by atoms with van der Waals surface area (Å²) in [5.74, 6) is 0.733. The van der Waals surface area contributed by atoms with Gasteiger partial charge in [-0.3, -0.25) is 4.79 Å². The van der Waals surface area contributed by atoms with Gasteiger partial charge in [-0.2, -0.15) is 0 Å². The largest absolute Gasteiger partial charge is 0.299 e. The summed E-state index contributed by atoms with van der Waals surface area (Å²) in [6.07, 6.45) is 0.832. The van der Waals surface area contributed by atoms with Crippen molar-refractivity contribution in [2.75, 3.05) is 0 Å². The van der Waals surface area contributed by atoms with Crippen LogP contribution in [-0.4, -0.2) is 5.78 Å². The third-order valence-electron chi connectivity index (χ3n) is 3.26. The zero-order chi connectivity index (χ0) is 13.2. The van der Waals surface area contributed by atoms with Crippen LogP contribution in [-0.2, 0) is 23.4 Å². The number of carbonyl (C=O) groups excluding carboxylic acids is 1. The number of halogens is 1. The van der Waals surface area contributed by atoms with Gasteiger partial charge in [-0.1, -0.05) is 30.3 Å². The van der Waals surface area contributed by atoms with E-state index in [-0.39, 0.29) is 11.6 Å². The fourth-order valence-corrected chi connectivity index (χ4v) is 3.45. The monoisotopic (exact) mass is 272 g/mol. The first-order valence-electron chi connectivity index (χ1n) is 6.22. The molecule has 0 atom stereocenters. The fourth-order valence-electron chi connectivity index (χ4n) is 2.36. The highest BCUT2D eigenvalue weighted by Crippen LogP contribution is 2.33. The SMILES string of the molecule is O=C1Cc2cc(F)cc(SCc3ccccc3)c2C1. The molecule has 0 fully saturated rings. The molecule has 96 valence electrons. The van der Waals surface area contributed by atoms with Gasteiger partial charge in [0.15, 0.2) is 0 Å². The summed E-state index contributed by atoms with van der Waals surface area (Å²) in [5, 5.41) is 0. The molecule has 0 spiro atoms. The van der Waals surface area contributed by atoms with E-state index in [9.17, 15) is 9.18 Å². The average molecular weight is 272 g/mol. The predicted octanol–water partition coefficient (Wildman–Crippen LogP) is 3.79. The highest BCUT2D eigenvalue weighted by Gasteiger charge is 2.22. The highest BCUT2D eigenvalue weighted by atomic mass is 32.2. The van der Waals surface area contributed by atoms with Crippen molar-refractivity contribution in [3.8, 4) is 0 Å². The van der Waals surface area contributed by atoms with E-state index >= 15 is 0 Å². The Hall–Kier alpha value is -1.61. The van der Waals surface area contributed by atoms with Crippen molar-refractivity contribution in [1.29, 1.82) is 0 Å². The molecule has 0 aliphatic heterocycles. The summed E-state index contributed by atoms with van der Waals surface area (Å²) in [5.41, 5.74) is 3.09. The Kier molecular flexibility index (Phi) is 3.38. The molecule has 2 aromatic carbocycles. The number of rotatable bonds is 3. The van der Waals surface area contributed by atoms with Crippen molar-refractivity contribution in [3.63, 3.8) is 0 Å². The van der Waals surface area contributed by atoms with Gasteiger partial charge in [-0.25, -0.2) is 4.39 Å². The molecule has 19 heavy (non-hydrogen) atoms. The van der Waals surface area contributed by atoms with Crippen molar-refractivity contribution in [2.24, 2.45) is 0 Å². The molecule has 0 amide bonds. The van der Waals surface area contributed by atoms with Crippen molar-refractivity contribution < 1.29 is 9.18 Å². The maximum atomic E-state index is 13.6. The Bertz CT molecular complexity index is 622. The van der Waals surface area contributed by atoms with Crippen LogP contribution in [0.15, 0.2) is 47.4 Å². The first-order chi connectivity index (χ1) is 9.22. The lowest BCUT2D eigenvalue weighted by atomic mass is 10.1. The van der Waals surface area contributed by atoms with Gasteiger partial charge in [0.1, 0.15) is 11.6 Å². The minimum Gasteiger partial charge on any atom is -0.299 e. The minimum atomic E-state index is -0.246. The number of ketones is 1. The Morgan fingerprint density at radius 2 is 1.89 bits per heavy atom. The number of hydrogen-bond acceptors (Lipinski definition) is 2. The molecule has 0 saturated heterocycles. The van der Waals surface area contributed by atoms with Crippen LogP contribution in [0.3, 0.4) is 0 Å². The van der Waals surface area contributed by atoms with Crippen molar-refractivity contribution >= 4 is 17.5 Å². The summed E-state index contributed by atoms with van der Waals surface area (Å²) in [6, 6.07) is 13.1. The zero-order valence-corrected chi connectivity index (χ0v) is 11.2. The topological polar surface area (TPSA) is 17.1 Å². The Balaban J connectivity index is 1.84. The van der Waals surface area contributed by atoms with Crippen LogP contribution in [0, 0.1) is 5.82 Å². The zero-order valence-electron chi connectivity index (χ0n) is 10.4. The van der Waals surface area contributed by atoms with Crippen LogP contribution in [0.2, 0.25) is 0 Å².